The second kappa shape index (κ2) is 4.42. The van der Waals surface area contributed by atoms with Crippen LogP contribution in [0.5, 0.6) is 0 Å². The van der Waals surface area contributed by atoms with E-state index in [0.29, 0.717) is 18.3 Å². The van der Waals surface area contributed by atoms with Gasteiger partial charge in [-0.25, -0.2) is 8.42 Å². The van der Waals surface area contributed by atoms with Gasteiger partial charge in [-0.2, -0.15) is 0 Å². The van der Waals surface area contributed by atoms with Crippen molar-refractivity contribution in [3.05, 3.63) is 0 Å². The lowest BCUT2D eigenvalue weighted by Crippen LogP contribution is -2.39. The van der Waals surface area contributed by atoms with E-state index in [2.05, 4.69) is 5.32 Å². The molecule has 0 aromatic heterocycles. The van der Waals surface area contributed by atoms with Crippen LogP contribution in [0.2, 0.25) is 0 Å². The molecule has 1 fully saturated rings. The highest BCUT2D eigenvalue weighted by Crippen LogP contribution is 2.18. The van der Waals surface area contributed by atoms with Gasteiger partial charge in [-0.05, 0) is 12.8 Å². The molecule has 0 bridgehead atoms. The van der Waals surface area contributed by atoms with Gasteiger partial charge in [0.2, 0.25) is 0 Å². The second-order valence-corrected chi connectivity index (χ2v) is 6.45. The van der Waals surface area contributed by atoms with Crippen LogP contribution < -0.4 is 5.32 Å². The Morgan fingerprint density at radius 3 is 2.62 bits per heavy atom. The van der Waals surface area contributed by atoms with E-state index in [1.165, 1.54) is 0 Å². The van der Waals surface area contributed by atoms with Crippen LogP contribution >= 0.6 is 0 Å². The Morgan fingerprint density at radius 2 is 2.08 bits per heavy atom. The van der Waals surface area contributed by atoms with Gasteiger partial charge in [0, 0.05) is 12.6 Å². The molecule has 1 unspecified atom stereocenters. The fraction of sp³-hybridized carbons (Fsp3) is 1.00. The van der Waals surface area contributed by atoms with Gasteiger partial charge < -0.3 is 5.32 Å². The van der Waals surface area contributed by atoms with Crippen molar-refractivity contribution in [3.8, 4) is 0 Å². The number of sulfone groups is 1. The molecule has 1 rings (SSSR count). The summed E-state index contributed by atoms with van der Waals surface area (Å²) in [5, 5.41) is 3.06. The van der Waals surface area contributed by atoms with Crippen molar-refractivity contribution in [3.63, 3.8) is 0 Å². The lowest BCUT2D eigenvalue weighted by atomic mass is 10.2. The third kappa shape index (κ3) is 3.27. The summed E-state index contributed by atoms with van der Waals surface area (Å²) >= 11 is 0. The maximum absolute atomic E-state index is 11.6. The van der Waals surface area contributed by atoms with Crippen LogP contribution in [0.15, 0.2) is 0 Å². The van der Waals surface area contributed by atoms with Crippen LogP contribution in [0.4, 0.5) is 0 Å². The SMILES string of the molecule is CC(C)NCC1CCCCS1(=O)=O. The van der Waals surface area contributed by atoms with Gasteiger partial charge in [0.25, 0.3) is 0 Å². The van der Waals surface area contributed by atoms with Crippen molar-refractivity contribution in [2.24, 2.45) is 0 Å². The van der Waals surface area contributed by atoms with E-state index in [9.17, 15) is 8.42 Å². The van der Waals surface area contributed by atoms with E-state index < -0.39 is 9.84 Å². The van der Waals surface area contributed by atoms with Gasteiger partial charge in [-0.3, -0.25) is 0 Å². The second-order valence-electron chi connectivity index (χ2n) is 4.05. The Kier molecular flexibility index (Phi) is 3.74. The number of nitrogens with one attached hydrogen (secondary N) is 1. The fourth-order valence-electron chi connectivity index (χ4n) is 1.62. The Bertz CT molecular complexity index is 246. The first-order valence-corrected chi connectivity index (χ1v) is 6.69. The summed E-state index contributed by atoms with van der Waals surface area (Å²) < 4.78 is 23.1. The monoisotopic (exact) mass is 205 g/mol. The van der Waals surface area contributed by atoms with Crippen LogP contribution in [-0.4, -0.2) is 32.0 Å². The van der Waals surface area contributed by atoms with Gasteiger partial charge in [-0.1, -0.05) is 20.3 Å². The molecule has 4 heteroatoms. The van der Waals surface area contributed by atoms with Crippen molar-refractivity contribution < 1.29 is 8.42 Å². The molecular weight excluding hydrogens is 186 g/mol. The van der Waals surface area contributed by atoms with Crippen LogP contribution in [-0.2, 0) is 9.84 Å². The average Bonchev–Trinajstić information content (AvgIpc) is 2.01. The van der Waals surface area contributed by atoms with E-state index >= 15 is 0 Å². The Morgan fingerprint density at radius 1 is 1.38 bits per heavy atom. The van der Waals surface area contributed by atoms with Crippen LogP contribution in [0.25, 0.3) is 0 Å². The Hall–Kier alpha value is -0.0900. The molecule has 1 N–H and O–H groups in total. The molecule has 1 aliphatic rings. The first-order valence-electron chi connectivity index (χ1n) is 4.97. The molecule has 0 saturated carbocycles. The van der Waals surface area contributed by atoms with E-state index in [4.69, 9.17) is 0 Å². The quantitative estimate of drug-likeness (QED) is 0.746. The molecule has 1 saturated heterocycles. The minimum atomic E-state index is -2.78. The molecule has 1 aliphatic heterocycles. The van der Waals surface area contributed by atoms with Gasteiger partial charge in [-0.15, -0.1) is 0 Å². The fourth-order valence-corrected chi connectivity index (χ4v) is 3.43. The predicted octanol–water partition coefficient (Wildman–Crippen LogP) is 0.952. The molecular formula is C9H19NO2S. The normalized spacial score (nSPS) is 27.8. The van der Waals surface area contributed by atoms with Gasteiger partial charge in [0.15, 0.2) is 9.84 Å². The molecule has 0 aromatic rings. The highest BCUT2D eigenvalue weighted by atomic mass is 32.2. The van der Waals surface area contributed by atoms with E-state index in [1.807, 2.05) is 13.8 Å². The zero-order valence-electron chi connectivity index (χ0n) is 8.41. The minimum absolute atomic E-state index is 0.136. The highest BCUT2D eigenvalue weighted by molar-refractivity contribution is 7.92. The zero-order valence-corrected chi connectivity index (χ0v) is 9.23. The summed E-state index contributed by atoms with van der Waals surface area (Å²) in [4.78, 5) is 0. The van der Waals surface area contributed by atoms with Gasteiger partial charge in [0.1, 0.15) is 0 Å². The third-order valence-corrected chi connectivity index (χ3v) is 4.74. The lowest BCUT2D eigenvalue weighted by Gasteiger charge is -2.23. The standard InChI is InChI=1S/C9H19NO2S/c1-8(2)10-7-9-5-3-4-6-13(9,11)12/h8-10H,3-7H2,1-2H3. The molecule has 0 amide bonds. The largest absolute Gasteiger partial charge is 0.313 e. The first-order chi connectivity index (χ1) is 6.02. The summed E-state index contributed by atoms with van der Waals surface area (Å²) in [6.07, 6.45) is 2.74. The topological polar surface area (TPSA) is 46.2 Å². The van der Waals surface area contributed by atoms with Crippen molar-refractivity contribution >= 4 is 9.84 Å². The molecule has 0 aromatic carbocycles. The molecule has 78 valence electrons. The summed E-state index contributed by atoms with van der Waals surface area (Å²) in [5.41, 5.74) is 0. The van der Waals surface area contributed by atoms with Gasteiger partial charge in [0.05, 0.1) is 11.0 Å². The van der Waals surface area contributed by atoms with E-state index in [0.717, 1.165) is 19.3 Å². The lowest BCUT2D eigenvalue weighted by molar-refractivity contribution is 0.502. The summed E-state index contributed by atoms with van der Waals surface area (Å²) in [6, 6.07) is 0.372. The Labute approximate surface area is 80.8 Å². The van der Waals surface area contributed by atoms with Crippen molar-refractivity contribution in [2.45, 2.75) is 44.4 Å². The first kappa shape index (κ1) is 11.0. The van der Waals surface area contributed by atoms with Crippen LogP contribution in [0, 0.1) is 0 Å². The number of hydrogen-bond acceptors (Lipinski definition) is 3. The maximum atomic E-state index is 11.6. The average molecular weight is 205 g/mol. The smallest absolute Gasteiger partial charge is 0.154 e. The molecule has 3 nitrogen and oxygen atoms in total. The molecule has 0 radical (unpaired) electrons. The highest BCUT2D eigenvalue weighted by Gasteiger charge is 2.28. The van der Waals surface area contributed by atoms with Crippen molar-refractivity contribution in [1.82, 2.24) is 5.32 Å². The summed E-state index contributed by atoms with van der Waals surface area (Å²) in [7, 11) is -2.78. The molecule has 13 heavy (non-hydrogen) atoms. The van der Waals surface area contributed by atoms with Crippen LogP contribution in [0.1, 0.15) is 33.1 Å². The number of rotatable bonds is 3. The summed E-state index contributed by atoms with van der Waals surface area (Å²) in [5.74, 6) is 0.386. The van der Waals surface area contributed by atoms with E-state index in [1.54, 1.807) is 0 Å². The van der Waals surface area contributed by atoms with Crippen LogP contribution in [0.3, 0.4) is 0 Å². The molecule has 0 spiro atoms. The maximum Gasteiger partial charge on any atom is 0.154 e. The minimum Gasteiger partial charge on any atom is -0.313 e. The van der Waals surface area contributed by atoms with E-state index in [-0.39, 0.29) is 5.25 Å². The third-order valence-electron chi connectivity index (χ3n) is 2.47. The van der Waals surface area contributed by atoms with Crippen molar-refractivity contribution in [1.29, 1.82) is 0 Å². The molecule has 1 heterocycles. The zero-order chi connectivity index (χ0) is 9.90. The van der Waals surface area contributed by atoms with Crippen molar-refractivity contribution in [2.75, 3.05) is 12.3 Å². The Balaban J connectivity index is 2.47. The molecule has 1 atom stereocenters. The predicted molar refractivity (Wildman–Crippen MR) is 54.6 cm³/mol. The molecule has 0 aliphatic carbocycles. The summed E-state index contributed by atoms with van der Waals surface area (Å²) in [6.45, 7) is 4.70. The van der Waals surface area contributed by atoms with Gasteiger partial charge >= 0.3 is 0 Å². The number of hydrogen-bond donors (Lipinski definition) is 1.